The van der Waals surface area contributed by atoms with E-state index in [1.54, 1.807) is 0 Å². The third kappa shape index (κ3) is 3.81. The molecule has 0 aliphatic heterocycles. The predicted octanol–water partition coefficient (Wildman–Crippen LogP) is 6.53. The second-order valence-corrected chi connectivity index (χ2v) is 14.4. The lowest BCUT2D eigenvalue weighted by atomic mass is 9.92. The number of benzene rings is 1. The molecule has 3 nitrogen and oxygen atoms in total. The van der Waals surface area contributed by atoms with Gasteiger partial charge in [0, 0.05) is 12.4 Å². The van der Waals surface area contributed by atoms with Gasteiger partial charge in [-0.3, -0.25) is 8.90 Å². The van der Waals surface area contributed by atoms with E-state index in [2.05, 4.69) is 98.3 Å². The number of hydrogen-bond acceptors (Lipinski definition) is 1. The van der Waals surface area contributed by atoms with Crippen LogP contribution in [0.1, 0.15) is 92.2 Å². The Balaban J connectivity index is 2.74. The average molecular weight is 389 g/mol. The van der Waals surface area contributed by atoms with Crippen LogP contribution in [0.4, 0.5) is 0 Å². The van der Waals surface area contributed by atoms with Crippen molar-refractivity contribution in [3.8, 4) is 5.69 Å². The summed E-state index contributed by atoms with van der Waals surface area (Å²) in [6.07, 6.45) is 7.40. The van der Waals surface area contributed by atoms with Crippen molar-refractivity contribution in [1.29, 1.82) is 0 Å². The minimum Gasteiger partial charge on any atom is -0.325 e. The smallest absolute Gasteiger partial charge is 0.247 e. The van der Waals surface area contributed by atoms with Crippen LogP contribution < -0.4 is 4.57 Å². The molecule has 0 amide bonds. The molecule has 1 aromatic carbocycles. The highest BCUT2D eigenvalue weighted by Gasteiger charge is 2.50. The Labute approximate surface area is 166 Å². The lowest BCUT2D eigenvalue weighted by Crippen LogP contribution is -2.35. The van der Waals surface area contributed by atoms with Crippen LogP contribution >= 0.6 is 7.29 Å². The van der Waals surface area contributed by atoms with Gasteiger partial charge in [-0.2, -0.15) is 0 Å². The van der Waals surface area contributed by atoms with Crippen molar-refractivity contribution in [2.24, 2.45) is 0 Å². The molecule has 0 spiro atoms. The highest BCUT2D eigenvalue weighted by molar-refractivity contribution is 7.65. The van der Waals surface area contributed by atoms with E-state index >= 15 is 0 Å². The maximum absolute atomic E-state index is 14.3. The number of para-hydroxylation sites is 1. The second-order valence-electron chi connectivity index (χ2n) is 10.1. The molecular weight excluding hydrogens is 351 g/mol. The molecule has 0 aliphatic rings. The van der Waals surface area contributed by atoms with E-state index in [1.165, 1.54) is 16.8 Å². The Morgan fingerprint density at radius 1 is 0.926 bits per heavy atom. The second kappa shape index (κ2) is 7.24. The monoisotopic (exact) mass is 388 g/mol. The highest BCUT2D eigenvalue weighted by Crippen LogP contribution is 2.67. The molecule has 0 saturated heterocycles. The molecule has 27 heavy (non-hydrogen) atoms. The molecule has 4 heteroatoms. The molecule has 0 N–H and O–H groups in total. The van der Waals surface area contributed by atoms with Crippen molar-refractivity contribution in [2.75, 3.05) is 0 Å². The Bertz CT molecular complexity index is 804. The molecule has 150 valence electrons. The number of aromatic nitrogens is 2. The van der Waals surface area contributed by atoms with Crippen molar-refractivity contribution in [2.45, 2.75) is 91.4 Å². The van der Waals surface area contributed by atoms with Gasteiger partial charge in [0.1, 0.15) is 0 Å². The maximum Gasteiger partial charge on any atom is 0.247 e. The average Bonchev–Trinajstić information content (AvgIpc) is 3.00. The Hall–Kier alpha value is -1.34. The van der Waals surface area contributed by atoms with Gasteiger partial charge < -0.3 is 4.57 Å². The standard InChI is InChI=1S/C23H37N2OP/c1-17(2)19-12-11-13-20(18(3)4)21(19)24-14-15-25(16-24)27(26,22(5,6)7)23(8,9)10/h11-15,17-18H,1-10H3. The lowest BCUT2D eigenvalue weighted by Gasteiger charge is -2.38. The van der Waals surface area contributed by atoms with Crippen LogP contribution in [0, 0.1) is 6.33 Å². The molecule has 0 saturated carbocycles. The highest BCUT2D eigenvalue weighted by atomic mass is 31.2. The summed E-state index contributed by atoms with van der Waals surface area (Å²) in [5.41, 5.74) is 3.76. The molecule has 0 bridgehead atoms. The number of imidazole rings is 1. The summed E-state index contributed by atoms with van der Waals surface area (Å²) in [4.78, 5) is 0. The van der Waals surface area contributed by atoms with Crippen molar-refractivity contribution < 1.29 is 9.13 Å². The molecule has 0 fully saturated rings. The van der Waals surface area contributed by atoms with Crippen molar-refractivity contribution in [3.63, 3.8) is 0 Å². The Kier molecular flexibility index (Phi) is 5.89. The van der Waals surface area contributed by atoms with Gasteiger partial charge in [0.15, 0.2) is 0 Å². The fourth-order valence-electron chi connectivity index (χ4n) is 4.03. The normalized spacial score (nSPS) is 13.6. The first kappa shape index (κ1) is 22.0. The van der Waals surface area contributed by atoms with E-state index in [9.17, 15) is 4.57 Å². The summed E-state index contributed by atoms with van der Waals surface area (Å²) < 4.78 is 18.2. The zero-order valence-corrected chi connectivity index (χ0v) is 19.7. The quantitative estimate of drug-likeness (QED) is 0.332. The van der Waals surface area contributed by atoms with Gasteiger partial charge in [-0.15, -0.1) is 0 Å². The number of hydrogen-bond donors (Lipinski definition) is 0. The summed E-state index contributed by atoms with van der Waals surface area (Å²) >= 11 is 0. The van der Waals surface area contributed by atoms with Crippen molar-refractivity contribution >= 4 is 7.29 Å². The Morgan fingerprint density at radius 2 is 1.37 bits per heavy atom. The van der Waals surface area contributed by atoms with Gasteiger partial charge in [-0.25, -0.2) is 0 Å². The van der Waals surface area contributed by atoms with E-state index in [4.69, 9.17) is 0 Å². The van der Waals surface area contributed by atoms with Crippen molar-refractivity contribution in [3.05, 3.63) is 48.0 Å². The summed E-state index contributed by atoms with van der Waals surface area (Å²) in [5, 5.41) is -0.700. The molecular formula is C23H37N2OP. The van der Waals surface area contributed by atoms with E-state index in [-0.39, 0.29) is 10.3 Å². The van der Waals surface area contributed by atoms with Crippen LogP contribution in [0.3, 0.4) is 0 Å². The molecule has 0 radical (unpaired) electrons. The van der Waals surface area contributed by atoms with Crippen LogP contribution in [-0.4, -0.2) is 14.6 Å². The summed E-state index contributed by atoms with van der Waals surface area (Å²) in [6.45, 7) is 21.3. The molecule has 1 heterocycles. The van der Waals surface area contributed by atoms with Crippen LogP contribution in [-0.2, 0) is 4.57 Å². The van der Waals surface area contributed by atoms with Gasteiger partial charge in [-0.05, 0) is 64.5 Å². The van der Waals surface area contributed by atoms with Crippen LogP contribution in [0.2, 0.25) is 0 Å². The first-order chi connectivity index (χ1) is 12.2. The predicted molar refractivity (Wildman–Crippen MR) is 115 cm³/mol. The van der Waals surface area contributed by atoms with Gasteiger partial charge in [0.05, 0.1) is 16.0 Å². The molecule has 2 rings (SSSR count). The van der Waals surface area contributed by atoms with Crippen LogP contribution in [0.15, 0.2) is 30.6 Å². The molecule has 0 aliphatic carbocycles. The summed E-state index contributed by atoms with van der Waals surface area (Å²) in [5.74, 6) is 0.806. The van der Waals surface area contributed by atoms with Gasteiger partial charge in [0.25, 0.3) is 0 Å². The van der Waals surface area contributed by atoms with Gasteiger partial charge in [0.2, 0.25) is 13.6 Å². The lowest BCUT2D eigenvalue weighted by molar-refractivity contribution is -0.600. The third-order valence-electron chi connectivity index (χ3n) is 5.27. The van der Waals surface area contributed by atoms with Crippen LogP contribution in [0.25, 0.3) is 5.69 Å². The third-order valence-corrected chi connectivity index (χ3v) is 9.74. The van der Waals surface area contributed by atoms with Crippen LogP contribution in [0.5, 0.6) is 0 Å². The zero-order chi connectivity index (χ0) is 20.8. The minimum atomic E-state index is -2.78. The van der Waals surface area contributed by atoms with E-state index in [0.29, 0.717) is 11.8 Å². The Morgan fingerprint density at radius 3 is 1.74 bits per heavy atom. The van der Waals surface area contributed by atoms with E-state index < -0.39 is 7.29 Å². The van der Waals surface area contributed by atoms with E-state index in [0.717, 1.165) is 0 Å². The molecule has 0 unspecified atom stereocenters. The molecule has 1 aromatic heterocycles. The summed E-state index contributed by atoms with van der Waals surface area (Å²) in [6, 6.07) is 6.52. The topological polar surface area (TPSA) is 25.9 Å². The van der Waals surface area contributed by atoms with Crippen molar-refractivity contribution in [1.82, 2.24) is 4.34 Å². The molecule has 0 atom stereocenters. The molecule has 2 aromatic rings. The number of rotatable bonds is 4. The summed E-state index contributed by atoms with van der Waals surface area (Å²) in [7, 11) is -2.78. The first-order valence-corrected chi connectivity index (χ1v) is 11.6. The maximum atomic E-state index is 14.3. The first-order valence-electron chi connectivity index (χ1n) is 9.98. The fourth-order valence-corrected chi connectivity index (χ4v) is 7.81. The minimum absolute atomic E-state index is 0.350. The zero-order valence-electron chi connectivity index (χ0n) is 18.8. The fraction of sp³-hybridized carbons (Fsp3) is 0.609. The number of nitrogens with zero attached hydrogens (tertiary/aromatic N) is 2. The largest absolute Gasteiger partial charge is 0.325 e. The van der Waals surface area contributed by atoms with Gasteiger partial charge >= 0.3 is 0 Å². The van der Waals surface area contributed by atoms with E-state index in [1.807, 2.05) is 16.7 Å². The van der Waals surface area contributed by atoms with Gasteiger partial charge in [-0.1, -0.05) is 45.9 Å². The SMILES string of the molecule is CC(C)c1cccc(C(C)C)c1-[n+]1[c-]n(P(=O)(C(C)(C)C)C(C)(C)C)cc1.